The predicted molar refractivity (Wildman–Crippen MR) is 125 cm³/mol. The van der Waals surface area contributed by atoms with Crippen LogP contribution in [0.15, 0.2) is 97.1 Å². The van der Waals surface area contributed by atoms with Crippen LogP contribution in [-0.4, -0.2) is 18.4 Å². The Labute approximate surface area is 188 Å². The summed E-state index contributed by atoms with van der Waals surface area (Å²) in [6.45, 7) is 2.49. The minimum atomic E-state index is -0.438. The molecule has 0 bridgehead atoms. The monoisotopic (exact) mass is 423 g/mol. The normalized spacial score (nSPS) is 24.5. The summed E-state index contributed by atoms with van der Waals surface area (Å²) in [6.07, 6.45) is 4.22. The van der Waals surface area contributed by atoms with E-state index in [2.05, 4.69) is 12.2 Å². The lowest BCUT2D eigenvalue weighted by atomic mass is 9.68. The molecule has 4 heteroatoms. The summed E-state index contributed by atoms with van der Waals surface area (Å²) in [4.78, 5) is 28.9. The summed E-state index contributed by atoms with van der Waals surface area (Å²) in [6, 6.07) is 27.2. The molecule has 160 valence electrons. The van der Waals surface area contributed by atoms with Gasteiger partial charge in [-0.25, -0.2) is 4.90 Å². The van der Waals surface area contributed by atoms with Crippen LogP contribution in [0.5, 0.6) is 5.75 Å². The molecule has 5 rings (SSSR count). The van der Waals surface area contributed by atoms with Crippen molar-refractivity contribution < 1.29 is 14.3 Å². The quantitative estimate of drug-likeness (QED) is 0.412. The molecule has 2 amide bonds. The van der Waals surface area contributed by atoms with E-state index in [0.717, 1.165) is 16.9 Å². The highest BCUT2D eigenvalue weighted by Crippen LogP contribution is 2.50. The minimum Gasteiger partial charge on any atom is -0.494 e. The number of nitrogens with zero attached hydrogens (tertiary/aromatic N) is 1. The van der Waals surface area contributed by atoms with Gasteiger partial charge in [0.1, 0.15) is 5.75 Å². The van der Waals surface area contributed by atoms with Crippen LogP contribution in [0.2, 0.25) is 0 Å². The summed E-state index contributed by atoms with van der Waals surface area (Å²) in [7, 11) is 0. The zero-order valence-corrected chi connectivity index (χ0v) is 17.9. The van der Waals surface area contributed by atoms with Crippen molar-refractivity contribution in [1.29, 1.82) is 0 Å². The summed E-state index contributed by atoms with van der Waals surface area (Å²) >= 11 is 0. The number of carbonyl (C=O) groups is 2. The summed E-state index contributed by atoms with van der Waals surface area (Å²) in [5, 5.41) is 0. The number of ether oxygens (including phenoxy) is 1. The number of benzene rings is 3. The lowest BCUT2D eigenvalue weighted by molar-refractivity contribution is -0.122. The zero-order valence-electron chi connectivity index (χ0n) is 17.9. The molecule has 4 nitrogen and oxygen atoms in total. The van der Waals surface area contributed by atoms with Gasteiger partial charge in [-0.1, -0.05) is 72.8 Å². The molecule has 0 spiro atoms. The molecular weight excluding hydrogens is 398 g/mol. The minimum absolute atomic E-state index is 0.134. The first-order valence-electron chi connectivity index (χ1n) is 11.1. The molecule has 32 heavy (non-hydrogen) atoms. The number of hydrogen-bond donors (Lipinski definition) is 0. The van der Waals surface area contributed by atoms with Crippen molar-refractivity contribution in [1.82, 2.24) is 0 Å². The molecule has 1 saturated heterocycles. The Balaban J connectivity index is 1.58. The van der Waals surface area contributed by atoms with E-state index >= 15 is 0 Å². The fourth-order valence-corrected chi connectivity index (χ4v) is 5.05. The van der Waals surface area contributed by atoms with Gasteiger partial charge in [0.05, 0.1) is 24.1 Å². The van der Waals surface area contributed by atoms with E-state index in [-0.39, 0.29) is 23.7 Å². The number of anilines is 1. The fourth-order valence-electron chi connectivity index (χ4n) is 5.05. The van der Waals surface area contributed by atoms with Crippen molar-refractivity contribution >= 4 is 17.5 Å². The molecule has 1 aliphatic carbocycles. The lowest BCUT2D eigenvalue weighted by Crippen LogP contribution is -2.31. The van der Waals surface area contributed by atoms with E-state index in [0.29, 0.717) is 12.3 Å². The van der Waals surface area contributed by atoms with Crippen LogP contribution >= 0.6 is 0 Å². The lowest BCUT2D eigenvalue weighted by Gasteiger charge is -2.32. The van der Waals surface area contributed by atoms with Gasteiger partial charge in [0.15, 0.2) is 0 Å². The topological polar surface area (TPSA) is 46.6 Å². The molecule has 1 heterocycles. The third-order valence-electron chi connectivity index (χ3n) is 6.47. The fraction of sp³-hybridized carbons (Fsp3) is 0.214. The highest BCUT2D eigenvalue weighted by atomic mass is 16.5. The molecule has 0 saturated carbocycles. The number of imide groups is 1. The maximum atomic E-state index is 13.8. The Morgan fingerprint density at radius 1 is 0.688 bits per heavy atom. The molecule has 0 N–H and O–H groups in total. The number of carbonyl (C=O) groups excluding carboxylic acids is 2. The van der Waals surface area contributed by atoms with Gasteiger partial charge in [-0.15, -0.1) is 0 Å². The Morgan fingerprint density at radius 3 is 1.59 bits per heavy atom. The molecule has 2 aliphatic rings. The van der Waals surface area contributed by atoms with Crippen molar-refractivity contribution in [2.45, 2.75) is 18.8 Å². The average Bonchev–Trinajstić information content (AvgIpc) is 3.11. The van der Waals surface area contributed by atoms with E-state index in [1.165, 1.54) is 4.90 Å². The smallest absolute Gasteiger partial charge is 0.238 e. The maximum Gasteiger partial charge on any atom is 0.238 e. The van der Waals surface area contributed by atoms with Gasteiger partial charge in [-0.3, -0.25) is 9.59 Å². The molecule has 0 unspecified atom stereocenters. The van der Waals surface area contributed by atoms with Gasteiger partial charge in [0.25, 0.3) is 0 Å². The summed E-state index contributed by atoms with van der Waals surface area (Å²) in [5.41, 5.74) is 2.70. The van der Waals surface area contributed by atoms with Gasteiger partial charge in [-0.2, -0.15) is 0 Å². The maximum absolute atomic E-state index is 13.8. The molecule has 3 aromatic rings. The standard InChI is InChI=1S/C28H25NO3/c1-2-32-22-15-13-21(14-16-22)29-27(30)25-23(19-9-5-3-6-10-19)17-18-24(26(25)28(29)31)20-11-7-4-8-12-20/h3-18,23-26H,2H2,1H3/t23-,24-,25+,26+/m0/s1. The molecule has 0 aromatic heterocycles. The number of amides is 2. The van der Waals surface area contributed by atoms with Gasteiger partial charge < -0.3 is 4.74 Å². The van der Waals surface area contributed by atoms with E-state index in [1.54, 1.807) is 12.1 Å². The summed E-state index contributed by atoms with van der Waals surface area (Å²) in [5.74, 6) is -0.695. The van der Waals surface area contributed by atoms with Crippen LogP contribution in [0.4, 0.5) is 5.69 Å². The second kappa shape index (κ2) is 8.46. The Kier molecular flexibility index (Phi) is 5.36. The highest BCUT2D eigenvalue weighted by molar-refractivity contribution is 6.23. The van der Waals surface area contributed by atoms with Crippen molar-refractivity contribution in [3.05, 3.63) is 108 Å². The number of rotatable bonds is 5. The van der Waals surface area contributed by atoms with Gasteiger partial charge in [-0.05, 0) is 42.3 Å². The van der Waals surface area contributed by atoms with Crippen LogP contribution in [0.3, 0.4) is 0 Å². The molecule has 1 fully saturated rings. The molecule has 3 aromatic carbocycles. The molecule has 1 aliphatic heterocycles. The Hall–Kier alpha value is -3.66. The van der Waals surface area contributed by atoms with E-state index in [4.69, 9.17) is 4.74 Å². The third kappa shape index (κ3) is 3.42. The number of allylic oxidation sites excluding steroid dienone is 2. The van der Waals surface area contributed by atoms with Crippen molar-refractivity contribution in [3.63, 3.8) is 0 Å². The predicted octanol–water partition coefficient (Wildman–Crippen LogP) is 5.33. The van der Waals surface area contributed by atoms with Crippen molar-refractivity contribution in [3.8, 4) is 5.75 Å². The van der Waals surface area contributed by atoms with E-state index in [1.807, 2.05) is 79.7 Å². The molecule has 0 radical (unpaired) electrons. The van der Waals surface area contributed by atoms with Crippen LogP contribution < -0.4 is 9.64 Å². The largest absolute Gasteiger partial charge is 0.494 e. The summed E-state index contributed by atoms with van der Waals surface area (Å²) < 4.78 is 5.52. The first-order chi connectivity index (χ1) is 15.7. The zero-order chi connectivity index (χ0) is 22.1. The highest BCUT2D eigenvalue weighted by Gasteiger charge is 2.55. The molecule has 4 atom stereocenters. The van der Waals surface area contributed by atoms with Crippen molar-refractivity contribution in [2.75, 3.05) is 11.5 Å². The van der Waals surface area contributed by atoms with Crippen molar-refractivity contribution in [2.24, 2.45) is 11.8 Å². The van der Waals surface area contributed by atoms with Gasteiger partial charge in [0.2, 0.25) is 11.8 Å². The van der Waals surface area contributed by atoms with Crippen LogP contribution in [0.1, 0.15) is 29.9 Å². The van der Waals surface area contributed by atoms with Gasteiger partial charge >= 0.3 is 0 Å². The Morgan fingerprint density at radius 2 is 1.16 bits per heavy atom. The number of fused-ring (bicyclic) bond motifs is 1. The molecular formula is C28H25NO3. The second-order valence-corrected chi connectivity index (χ2v) is 8.25. The van der Waals surface area contributed by atoms with Crippen LogP contribution in [-0.2, 0) is 9.59 Å². The van der Waals surface area contributed by atoms with Crippen LogP contribution in [0.25, 0.3) is 0 Å². The SMILES string of the molecule is CCOc1ccc(N2C(=O)[C@H]3[C@H](C2=O)[C@H](c2ccccc2)C=C[C@H]3c2ccccc2)cc1. The third-order valence-corrected chi connectivity index (χ3v) is 6.47. The van der Waals surface area contributed by atoms with E-state index in [9.17, 15) is 9.59 Å². The number of hydrogen-bond acceptors (Lipinski definition) is 3. The first kappa shape index (κ1) is 20.3. The second-order valence-electron chi connectivity index (χ2n) is 8.25. The van der Waals surface area contributed by atoms with Gasteiger partial charge in [0, 0.05) is 11.8 Å². The Bertz CT molecular complexity index is 1070. The van der Waals surface area contributed by atoms with E-state index < -0.39 is 11.8 Å². The first-order valence-corrected chi connectivity index (χ1v) is 11.1. The van der Waals surface area contributed by atoms with Crippen LogP contribution in [0, 0.1) is 11.8 Å². The average molecular weight is 424 g/mol.